The van der Waals surface area contributed by atoms with Crippen molar-refractivity contribution < 1.29 is 19.8 Å². The molecule has 4 nitrogen and oxygen atoms in total. The van der Waals surface area contributed by atoms with E-state index in [9.17, 15) is 19.8 Å². The number of hydrogen-bond donors (Lipinski definition) is 2. The lowest BCUT2D eigenvalue weighted by atomic mass is 9.61. The fraction of sp³-hybridized carbons (Fsp3) is 0.111. The van der Waals surface area contributed by atoms with Crippen LogP contribution in [0.25, 0.3) is 0 Å². The van der Waals surface area contributed by atoms with E-state index in [1.165, 1.54) is 0 Å². The molecule has 0 N–H and O–H groups in total. The van der Waals surface area contributed by atoms with Crippen LogP contribution in [0.5, 0.6) is 0 Å². The minimum absolute atomic E-state index is 0.231. The Hall–Kier alpha value is -2.18. The third-order valence-electron chi connectivity index (χ3n) is 4.69. The van der Waals surface area contributed by atoms with Crippen molar-refractivity contribution in [1.29, 1.82) is 0 Å². The van der Waals surface area contributed by atoms with E-state index in [1.807, 2.05) is 0 Å². The monoisotopic (exact) mass is 354 g/mol. The Morgan fingerprint density at radius 2 is 1.08 bits per heavy atom. The molecule has 2 aromatic rings. The van der Waals surface area contributed by atoms with Crippen LogP contribution >= 0.6 is 25.3 Å². The van der Waals surface area contributed by atoms with Crippen molar-refractivity contribution in [3.8, 4) is 0 Å². The minimum atomic E-state index is -1.49. The first kappa shape index (κ1) is 15.4. The SMILES string of the molecule is O=C([O-])C1=C(C(=O)[O-])[C@H]2c3ccc(S)cc3[C@@H]1c1ccc(S)cc12. The highest BCUT2D eigenvalue weighted by atomic mass is 32.1. The van der Waals surface area contributed by atoms with E-state index >= 15 is 0 Å². The lowest BCUT2D eigenvalue weighted by Gasteiger charge is -2.44. The van der Waals surface area contributed by atoms with Gasteiger partial charge in [-0.3, -0.25) is 0 Å². The Kier molecular flexibility index (Phi) is 3.30. The van der Waals surface area contributed by atoms with Gasteiger partial charge in [-0.05, 0) is 57.7 Å². The number of carboxylic acid groups (broad SMARTS) is 2. The molecule has 24 heavy (non-hydrogen) atoms. The van der Waals surface area contributed by atoms with Crippen LogP contribution in [0, 0.1) is 0 Å². The first-order valence-corrected chi connectivity index (χ1v) is 8.12. The van der Waals surface area contributed by atoms with Crippen molar-refractivity contribution in [2.75, 3.05) is 0 Å². The van der Waals surface area contributed by atoms with E-state index in [0.29, 0.717) is 9.79 Å². The number of rotatable bonds is 2. The summed E-state index contributed by atoms with van der Waals surface area (Å²) in [5.41, 5.74) is 2.55. The Labute approximate surface area is 148 Å². The summed E-state index contributed by atoms with van der Waals surface area (Å²) in [6, 6.07) is 10.7. The first-order valence-electron chi connectivity index (χ1n) is 7.22. The maximum Gasteiger partial charge on any atom is 0.0688 e. The molecule has 120 valence electrons. The summed E-state index contributed by atoms with van der Waals surface area (Å²) in [6.45, 7) is 0. The van der Waals surface area contributed by atoms with Crippen molar-refractivity contribution in [2.24, 2.45) is 0 Å². The lowest BCUT2D eigenvalue weighted by molar-refractivity contribution is -0.304. The molecule has 3 aliphatic rings. The zero-order valence-corrected chi connectivity index (χ0v) is 13.9. The highest BCUT2D eigenvalue weighted by Gasteiger charge is 2.43. The van der Waals surface area contributed by atoms with Gasteiger partial charge in [-0.2, -0.15) is 0 Å². The van der Waals surface area contributed by atoms with Crippen LogP contribution in [0.1, 0.15) is 34.1 Å². The third-order valence-corrected chi connectivity index (χ3v) is 5.25. The van der Waals surface area contributed by atoms with Crippen LogP contribution < -0.4 is 10.2 Å². The van der Waals surface area contributed by atoms with Gasteiger partial charge in [-0.1, -0.05) is 12.1 Å². The van der Waals surface area contributed by atoms with E-state index < -0.39 is 23.8 Å². The predicted octanol–water partition coefficient (Wildman–Crippen LogP) is 0.651. The second-order valence-corrected chi connectivity index (χ2v) is 6.93. The van der Waals surface area contributed by atoms with Gasteiger partial charge in [0.2, 0.25) is 0 Å². The number of hydrogen-bond acceptors (Lipinski definition) is 6. The van der Waals surface area contributed by atoms with Gasteiger partial charge < -0.3 is 19.8 Å². The molecule has 5 rings (SSSR count). The smallest absolute Gasteiger partial charge is 0.0688 e. The van der Waals surface area contributed by atoms with E-state index in [4.69, 9.17) is 0 Å². The van der Waals surface area contributed by atoms with Crippen LogP contribution in [-0.4, -0.2) is 11.9 Å². The second-order valence-electron chi connectivity index (χ2n) is 5.89. The molecule has 0 unspecified atom stereocenters. The zero-order valence-electron chi connectivity index (χ0n) is 12.1. The molecule has 0 saturated heterocycles. The van der Waals surface area contributed by atoms with E-state index in [2.05, 4.69) is 25.3 Å². The molecule has 2 atom stereocenters. The number of benzene rings is 2. The average molecular weight is 354 g/mol. The van der Waals surface area contributed by atoms with Gasteiger partial charge in [-0.25, -0.2) is 0 Å². The van der Waals surface area contributed by atoms with Crippen molar-refractivity contribution in [3.63, 3.8) is 0 Å². The van der Waals surface area contributed by atoms with E-state index in [-0.39, 0.29) is 11.1 Å². The summed E-state index contributed by atoms with van der Waals surface area (Å²) >= 11 is 8.65. The Balaban J connectivity index is 2.12. The van der Waals surface area contributed by atoms with Crippen molar-refractivity contribution >= 4 is 37.2 Å². The second kappa shape index (κ2) is 5.16. The number of carbonyl (C=O) groups is 2. The molecule has 0 aliphatic heterocycles. The molecule has 0 saturated carbocycles. The maximum atomic E-state index is 11.7. The number of aliphatic carboxylic acids is 2. The molecule has 0 fully saturated rings. The largest absolute Gasteiger partial charge is 0.545 e. The summed E-state index contributed by atoms with van der Waals surface area (Å²) < 4.78 is 0. The molecular formula is C18H10O4S2-2. The van der Waals surface area contributed by atoms with Crippen LogP contribution in [0.2, 0.25) is 0 Å². The molecule has 6 heteroatoms. The van der Waals surface area contributed by atoms with Gasteiger partial charge in [0.1, 0.15) is 0 Å². The Morgan fingerprint density at radius 1 is 0.708 bits per heavy atom. The number of thiol groups is 2. The van der Waals surface area contributed by atoms with Crippen molar-refractivity contribution in [2.45, 2.75) is 21.6 Å². The van der Waals surface area contributed by atoms with Gasteiger partial charge in [0.25, 0.3) is 0 Å². The van der Waals surface area contributed by atoms with Crippen LogP contribution in [-0.2, 0) is 9.59 Å². The molecule has 3 aliphatic carbocycles. The molecule has 0 amide bonds. The van der Waals surface area contributed by atoms with Crippen molar-refractivity contribution in [1.82, 2.24) is 0 Å². The topological polar surface area (TPSA) is 80.3 Å². The zero-order chi connectivity index (χ0) is 17.2. The average Bonchev–Trinajstić information content (AvgIpc) is 2.53. The lowest BCUT2D eigenvalue weighted by Crippen LogP contribution is -2.42. The van der Waals surface area contributed by atoms with Gasteiger partial charge >= 0.3 is 0 Å². The highest BCUT2D eigenvalue weighted by Crippen LogP contribution is 2.55. The third kappa shape index (κ3) is 1.96. The van der Waals surface area contributed by atoms with Gasteiger partial charge in [-0.15, -0.1) is 25.3 Å². The normalized spacial score (nSPS) is 20.6. The fourth-order valence-electron chi connectivity index (χ4n) is 3.87. The van der Waals surface area contributed by atoms with Crippen LogP contribution in [0.3, 0.4) is 0 Å². The molecule has 2 bridgehead atoms. The van der Waals surface area contributed by atoms with Crippen LogP contribution in [0.15, 0.2) is 57.3 Å². The Bertz CT molecular complexity index is 884. The van der Waals surface area contributed by atoms with E-state index in [1.54, 1.807) is 36.4 Å². The summed E-state index contributed by atoms with van der Waals surface area (Å²) in [4.78, 5) is 24.8. The van der Waals surface area contributed by atoms with Gasteiger partial charge in [0.15, 0.2) is 0 Å². The Morgan fingerprint density at radius 3 is 1.42 bits per heavy atom. The summed E-state index contributed by atoms with van der Waals surface area (Å²) in [5.74, 6) is -4.39. The first-order chi connectivity index (χ1) is 11.4. The quantitative estimate of drug-likeness (QED) is 0.776. The van der Waals surface area contributed by atoms with Crippen molar-refractivity contribution in [3.05, 3.63) is 69.8 Å². The summed E-state index contributed by atoms with van der Waals surface area (Å²) in [7, 11) is 0. The highest BCUT2D eigenvalue weighted by molar-refractivity contribution is 7.80. The molecule has 0 spiro atoms. The predicted molar refractivity (Wildman–Crippen MR) is 88.1 cm³/mol. The molecule has 0 radical (unpaired) electrons. The molecule has 0 aromatic heterocycles. The molecular weight excluding hydrogens is 344 g/mol. The standard InChI is InChI=1S/C18H12O4S2/c19-17(20)15-13-9-3-1-7(23)5-11(9)14(16(15)18(21)22)10-4-2-8(24)6-12(10)13/h1-6,13-14,23-24H,(H,19,20)(H,21,22)/p-2/t13-,14-/m0/s1. The molecule has 2 aromatic carbocycles. The van der Waals surface area contributed by atoms with Crippen LogP contribution in [0.4, 0.5) is 0 Å². The fourth-order valence-corrected chi connectivity index (χ4v) is 4.30. The number of carbonyl (C=O) groups excluding carboxylic acids is 2. The minimum Gasteiger partial charge on any atom is -0.545 e. The molecule has 0 heterocycles. The maximum absolute atomic E-state index is 11.7. The summed E-state index contributed by atoms with van der Waals surface area (Å²) in [6.07, 6.45) is 0. The number of carboxylic acids is 2. The van der Waals surface area contributed by atoms with Gasteiger partial charge in [0, 0.05) is 21.6 Å². The van der Waals surface area contributed by atoms with E-state index in [0.717, 1.165) is 22.3 Å². The summed E-state index contributed by atoms with van der Waals surface area (Å²) in [5, 5.41) is 23.5. The van der Waals surface area contributed by atoms with Gasteiger partial charge in [0.05, 0.1) is 11.9 Å².